The number of H-pyrrole nitrogens is 1. The largest absolute Gasteiger partial charge is 0.469 e. The normalized spacial score (nSPS) is 16.2. The molecule has 3 aromatic rings. The molecule has 6 heteroatoms. The van der Waals surface area contributed by atoms with E-state index < -0.39 is 11.5 Å². The lowest BCUT2D eigenvalue weighted by Crippen LogP contribution is -2.29. The summed E-state index contributed by atoms with van der Waals surface area (Å²) in [4.78, 5) is 40.0. The van der Waals surface area contributed by atoms with Crippen LogP contribution in [0, 0.1) is 0 Å². The Morgan fingerprint density at radius 3 is 2.62 bits per heavy atom. The Labute approximate surface area is 148 Å². The number of para-hydroxylation sites is 1. The lowest BCUT2D eigenvalue weighted by Gasteiger charge is -2.22. The molecule has 130 valence electrons. The van der Waals surface area contributed by atoms with Gasteiger partial charge in [0.15, 0.2) is 5.78 Å². The molecular weight excluding hydrogens is 332 g/mol. The zero-order valence-corrected chi connectivity index (χ0v) is 13.8. The summed E-state index contributed by atoms with van der Waals surface area (Å²) in [5, 5.41) is 2.67. The molecule has 0 unspecified atom stereocenters. The van der Waals surface area contributed by atoms with E-state index in [0.29, 0.717) is 23.4 Å². The van der Waals surface area contributed by atoms with E-state index in [1.807, 2.05) is 12.1 Å². The van der Waals surface area contributed by atoms with Crippen LogP contribution in [0.5, 0.6) is 0 Å². The number of carbonyl (C=O) groups is 2. The van der Waals surface area contributed by atoms with Crippen LogP contribution in [0.15, 0.2) is 64.0 Å². The molecule has 4 rings (SSSR count). The van der Waals surface area contributed by atoms with Gasteiger partial charge in [0, 0.05) is 29.3 Å². The van der Waals surface area contributed by atoms with Crippen LogP contribution in [0.3, 0.4) is 0 Å². The molecule has 26 heavy (non-hydrogen) atoms. The third-order valence-electron chi connectivity index (χ3n) is 4.53. The maximum atomic E-state index is 12.5. The van der Waals surface area contributed by atoms with E-state index in [1.54, 1.807) is 36.6 Å². The Balaban J connectivity index is 1.64. The highest BCUT2D eigenvalue weighted by Crippen LogP contribution is 2.31. The van der Waals surface area contributed by atoms with Crippen LogP contribution in [0.4, 0.5) is 5.69 Å². The molecular formula is C20H16N2O4. The van der Waals surface area contributed by atoms with Gasteiger partial charge in [0.2, 0.25) is 0 Å². The summed E-state index contributed by atoms with van der Waals surface area (Å²) in [6.07, 6.45) is 2.34. The molecule has 2 N–H and O–H groups in total. The minimum absolute atomic E-state index is 0.0719. The van der Waals surface area contributed by atoms with Crippen molar-refractivity contribution in [2.24, 2.45) is 0 Å². The summed E-state index contributed by atoms with van der Waals surface area (Å²) in [6.45, 7) is 0. The zero-order chi connectivity index (χ0) is 18.1. The van der Waals surface area contributed by atoms with Gasteiger partial charge >= 0.3 is 0 Å². The molecule has 1 aromatic carbocycles. The zero-order valence-electron chi connectivity index (χ0n) is 13.8. The number of anilines is 1. The van der Waals surface area contributed by atoms with Gasteiger partial charge in [-0.3, -0.25) is 14.4 Å². The van der Waals surface area contributed by atoms with Crippen LogP contribution in [0.25, 0.3) is 0 Å². The highest BCUT2D eigenvalue weighted by atomic mass is 16.3. The molecule has 1 aliphatic carbocycles. The third-order valence-corrected chi connectivity index (χ3v) is 4.53. The molecule has 0 radical (unpaired) electrons. The predicted molar refractivity (Wildman–Crippen MR) is 95.6 cm³/mol. The number of hydrogen-bond acceptors (Lipinski definition) is 4. The number of ketones is 1. The lowest BCUT2D eigenvalue weighted by atomic mass is 9.84. The number of carbonyl (C=O) groups excluding carboxylic acids is 2. The smallest absolute Gasteiger partial charge is 0.261 e. The fraction of sp³-hybridized carbons (Fsp3) is 0.150. The maximum absolute atomic E-state index is 12.5. The van der Waals surface area contributed by atoms with E-state index in [2.05, 4.69) is 10.3 Å². The number of aromatic amines is 1. The molecule has 2 aromatic heterocycles. The Bertz CT molecular complexity index is 1020. The molecule has 0 saturated carbocycles. The second-order valence-corrected chi connectivity index (χ2v) is 6.27. The highest BCUT2D eigenvalue weighted by Gasteiger charge is 2.30. The number of aromatic nitrogens is 1. The van der Waals surface area contributed by atoms with E-state index in [-0.39, 0.29) is 23.7 Å². The van der Waals surface area contributed by atoms with Crippen molar-refractivity contribution in [3.8, 4) is 0 Å². The van der Waals surface area contributed by atoms with E-state index in [4.69, 9.17) is 4.42 Å². The minimum atomic E-state index is -0.541. The SMILES string of the molecule is O=C1C[C@@H](c2ccco2)Cc2[nH]c(=O)c(C(=O)Nc3ccccc3)cc21. The van der Waals surface area contributed by atoms with Crippen LogP contribution in [-0.2, 0) is 6.42 Å². The van der Waals surface area contributed by atoms with Gasteiger partial charge in [0.25, 0.3) is 11.5 Å². The number of pyridine rings is 1. The number of benzene rings is 1. The fourth-order valence-corrected chi connectivity index (χ4v) is 3.24. The van der Waals surface area contributed by atoms with Gasteiger partial charge in [-0.05, 0) is 36.8 Å². The molecule has 0 bridgehead atoms. The van der Waals surface area contributed by atoms with Gasteiger partial charge in [0.1, 0.15) is 11.3 Å². The Morgan fingerprint density at radius 1 is 1.08 bits per heavy atom. The summed E-state index contributed by atoms with van der Waals surface area (Å²) in [5.41, 5.74) is 0.941. The van der Waals surface area contributed by atoms with E-state index in [9.17, 15) is 14.4 Å². The number of rotatable bonds is 3. The average molecular weight is 348 g/mol. The van der Waals surface area contributed by atoms with Crippen LogP contribution in [0.2, 0.25) is 0 Å². The van der Waals surface area contributed by atoms with Gasteiger partial charge in [-0.1, -0.05) is 18.2 Å². The Kier molecular flexibility index (Phi) is 4.01. The number of Topliss-reactive ketones (excluding diaryl/α,β-unsaturated/α-hetero) is 1. The number of fused-ring (bicyclic) bond motifs is 1. The third kappa shape index (κ3) is 2.97. The predicted octanol–water partition coefficient (Wildman–Crippen LogP) is 3.13. The summed E-state index contributed by atoms with van der Waals surface area (Å²) in [5.74, 6) is -0.0424. The Hall–Kier alpha value is -3.41. The monoisotopic (exact) mass is 348 g/mol. The van der Waals surface area contributed by atoms with E-state index in [0.717, 1.165) is 5.76 Å². The molecule has 0 saturated heterocycles. The van der Waals surface area contributed by atoms with Gasteiger partial charge in [-0.25, -0.2) is 0 Å². The number of hydrogen-bond donors (Lipinski definition) is 2. The standard InChI is InChI=1S/C20H16N2O4/c23-17-10-12(18-7-4-8-26-18)9-16-14(17)11-15(20(25)22-16)19(24)21-13-5-2-1-3-6-13/h1-8,11-12H,9-10H2,(H,21,24)(H,22,25)/t12-/m0/s1. The van der Waals surface area contributed by atoms with Crippen molar-refractivity contribution < 1.29 is 14.0 Å². The quantitative estimate of drug-likeness (QED) is 0.760. The highest BCUT2D eigenvalue weighted by molar-refractivity contribution is 6.06. The van der Waals surface area contributed by atoms with E-state index in [1.165, 1.54) is 6.07 Å². The Morgan fingerprint density at radius 2 is 1.88 bits per heavy atom. The van der Waals surface area contributed by atoms with Gasteiger partial charge in [0.05, 0.1) is 6.26 Å². The lowest BCUT2D eigenvalue weighted by molar-refractivity contribution is 0.0959. The van der Waals surface area contributed by atoms with Crippen LogP contribution < -0.4 is 10.9 Å². The van der Waals surface area contributed by atoms with E-state index >= 15 is 0 Å². The molecule has 6 nitrogen and oxygen atoms in total. The first kappa shape index (κ1) is 16.1. The number of furan rings is 1. The van der Waals surface area contributed by atoms with Crippen LogP contribution in [-0.4, -0.2) is 16.7 Å². The van der Waals surface area contributed by atoms with Crippen LogP contribution >= 0.6 is 0 Å². The summed E-state index contributed by atoms with van der Waals surface area (Å²) in [7, 11) is 0. The first-order chi connectivity index (χ1) is 12.6. The number of nitrogens with one attached hydrogen (secondary N) is 2. The van der Waals surface area contributed by atoms with Gasteiger partial charge in [-0.2, -0.15) is 0 Å². The maximum Gasteiger partial charge on any atom is 0.261 e. The molecule has 1 aliphatic rings. The first-order valence-corrected chi connectivity index (χ1v) is 8.31. The van der Waals surface area contributed by atoms with Crippen molar-refractivity contribution in [1.29, 1.82) is 0 Å². The van der Waals surface area contributed by atoms with Gasteiger partial charge in [-0.15, -0.1) is 0 Å². The molecule has 1 atom stereocenters. The molecule has 0 aliphatic heterocycles. The molecule has 2 heterocycles. The molecule has 0 fully saturated rings. The van der Waals surface area contributed by atoms with Crippen molar-refractivity contribution >= 4 is 17.4 Å². The van der Waals surface area contributed by atoms with Crippen molar-refractivity contribution in [2.75, 3.05) is 5.32 Å². The summed E-state index contributed by atoms with van der Waals surface area (Å²) in [6, 6.07) is 13.8. The fourth-order valence-electron chi connectivity index (χ4n) is 3.24. The first-order valence-electron chi connectivity index (χ1n) is 8.31. The summed E-state index contributed by atoms with van der Waals surface area (Å²) < 4.78 is 5.39. The average Bonchev–Trinajstić information content (AvgIpc) is 3.16. The topological polar surface area (TPSA) is 92.2 Å². The minimum Gasteiger partial charge on any atom is -0.469 e. The van der Waals surface area contributed by atoms with Crippen molar-refractivity contribution in [2.45, 2.75) is 18.8 Å². The summed E-state index contributed by atoms with van der Waals surface area (Å²) >= 11 is 0. The second-order valence-electron chi connectivity index (χ2n) is 6.27. The number of amides is 1. The van der Waals surface area contributed by atoms with Crippen LogP contribution in [0.1, 0.15) is 44.5 Å². The second kappa shape index (κ2) is 6.48. The van der Waals surface area contributed by atoms with Crippen molar-refractivity contribution in [3.63, 3.8) is 0 Å². The molecule has 0 spiro atoms. The van der Waals surface area contributed by atoms with Gasteiger partial charge < -0.3 is 14.7 Å². The molecule has 1 amide bonds. The van der Waals surface area contributed by atoms with Crippen molar-refractivity contribution in [3.05, 3.63) is 87.7 Å². The van der Waals surface area contributed by atoms with Crippen molar-refractivity contribution in [1.82, 2.24) is 4.98 Å².